The van der Waals surface area contributed by atoms with Gasteiger partial charge in [-0.3, -0.25) is 9.48 Å². The van der Waals surface area contributed by atoms with Gasteiger partial charge in [0.2, 0.25) is 5.91 Å². The van der Waals surface area contributed by atoms with Crippen molar-refractivity contribution < 1.29 is 9.90 Å². The van der Waals surface area contributed by atoms with Crippen molar-refractivity contribution in [3.8, 4) is 5.75 Å². The summed E-state index contributed by atoms with van der Waals surface area (Å²) >= 11 is 0. The van der Waals surface area contributed by atoms with Gasteiger partial charge in [0.25, 0.3) is 0 Å². The summed E-state index contributed by atoms with van der Waals surface area (Å²) in [6.07, 6.45) is 4.98. The number of phenolic OH excluding ortho intramolecular Hbond substituents is 1. The van der Waals surface area contributed by atoms with E-state index >= 15 is 0 Å². The quantitative estimate of drug-likeness (QED) is 0.732. The van der Waals surface area contributed by atoms with Crippen LogP contribution in [0.3, 0.4) is 0 Å². The van der Waals surface area contributed by atoms with Crippen LogP contribution in [0.2, 0.25) is 0 Å². The Labute approximate surface area is 158 Å². The Morgan fingerprint density at radius 1 is 1.15 bits per heavy atom. The van der Waals surface area contributed by atoms with Crippen molar-refractivity contribution in [2.45, 2.75) is 38.3 Å². The predicted molar refractivity (Wildman–Crippen MR) is 103 cm³/mol. The Bertz CT molecular complexity index is 934. The average molecular weight is 361 g/mol. The Kier molecular flexibility index (Phi) is 4.92. The number of phenols is 1. The SMILES string of the molecule is O=C(Cc1ccccc1O)N[C@H]1CCCc2c1cnn2Cc1ccccc1. The molecule has 2 N–H and O–H groups in total. The maximum absolute atomic E-state index is 12.5. The van der Waals surface area contributed by atoms with E-state index in [2.05, 4.69) is 22.5 Å². The van der Waals surface area contributed by atoms with Gasteiger partial charge in [0.05, 0.1) is 25.2 Å². The number of rotatable bonds is 5. The van der Waals surface area contributed by atoms with Gasteiger partial charge in [0.15, 0.2) is 0 Å². The molecule has 0 spiro atoms. The normalized spacial score (nSPS) is 15.9. The molecule has 1 atom stereocenters. The molecule has 0 saturated carbocycles. The van der Waals surface area contributed by atoms with Crippen LogP contribution in [0, 0.1) is 0 Å². The molecule has 0 aliphatic heterocycles. The van der Waals surface area contributed by atoms with Crippen LogP contribution in [0.1, 0.15) is 41.3 Å². The molecule has 3 aromatic rings. The summed E-state index contributed by atoms with van der Waals surface area (Å²) in [5.41, 5.74) is 4.18. The second-order valence-electron chi connectivity index (χ2n) is 7.01. The lowest BCUT2D eigenvalue weighted by molar-refractivity contribution is -0.121. The molecule has 2 aromatic carbocycles. The van der Waals surface area contributed by atoms with Crippen molar-refractivity contribution in [3.63, 3.8) is 0 Å². The molecule has 5 heteroatoms. The van der Waals surface area contributed by atoms with E-state index in [1.807, 2.05) is 35.1 Å². The van der Waals surface area contributed by atoms with E-state index in [-0.39, 0.29) is 24.1 Å². The van der Waals surface area contributed by atoms with Crippen LogP contribution in [0.5, 0.6) is 5.75 Å². The molecule has 138 valence electrons. The Hall–Kier alpha value is -3.08. The molecule has 0 fully saturated rings. The summed E-state index contributed by atoms with van der Waals surface area (Å²) in [4.78, 5) is 12.5. The van der Waals surface area contributed by atoms with E-state index in [0.29, 0.717) is 5.56 Å². The second-order valence-corrected chi connectivity index (χ2v) is 7.01. The molecule has 0 saturated heterocycles. The van der Waals surface area contributed by atoms with Gasteiger partial charge in [-0.15, -0.1) is 0 Å². The van der Waals surface area contributed by atoms with Gasteiger partial charge < -0.3 is 10.4 Å². The van der Waals surface area contributed by atoms with Crippen LogP contribution in [-0.2, 0) is 24.2 Å². The highest BCUT2D eigenvalue weighted by Gasteiger charge is 2.25. The molecule has 5 nitrogen and oxygen atoms in total. The van der Waals surface area contributed by atoms with E-state index in [0.717, 1.165) is 31.4 Å². The second kappa shape index (κ2) is 7.66. The van der Waals surface area contributed by atoms with E-state index in [9.17, 15) is 9.90 Å². The molecule has 1 amide bonds. The van der Waals surface area contributed by atoms with Gasteiger partial charge in [-0.2, -0.15) is 5.10 Å². The molecular formula is C22H23N3O2. The van der Waals surface area contributed by atoms with Crippen LogP contribution in [0.4, 0.5) is 0 Å². The number of amides is 1. The first kappa shape index (κ1) is 17.3. The molecule has 0 radical (unpaired) electrons. The van der Waals surface area contributed by atoms with Gasteiger partial charge in [-0.1, -0.05) is 48.5 Å². The van der Waals surface area contributed by atoms with Gasteiger partial charge in [0, 0.05) is 16.8 Å². The first-order valence-corrected chi connectivity index (χ1v) is 9.35. The lowest BCUT2D eigenvalue weighted by Crippen LogP contribution is -2.32. The van der Waals surface area contributed by atoms with E-state index in [1.165, 1.54) is 11.3 Å². The topological polar surface area (TPSA) is 67.2 Å². The molecular weight excluding hydrogens is 338 g/mol. The van der Waals surface area contributed by atoms with Crippen LogP contribution < -0.4 is 5.32 Å². The highest BCUT2D eigenvalue weighted by atomic mass is 16.3. The number of carbonyl (C=O) groups excluding carboxylic acids is 1. The minimum absolute atomic E-state index is 0.0170. The summed E-state index contributed by atoms with van der Waals surface area (Å²) in [7, 11) is 0. The number of fused-ring (bicyclic) bond motifs is 1. The van der Waals surface area contributed by atoms with Crippen LogP contribution in [0.15, 0.2) is 60.8 Å². The minimum atomic E-state index is -0.0786. The smallest absolute Gasteiger partial charge is 0.225 e. The average Bonchev–Trinajstić information content (AvgIpc) is 3.08. The Morgan fingerprint density at radius 3 is 2.74 bits per heavy atom. The zero-order valence-corrected chi connectivity index (χ0v) is 15.1. The number of nitrogens with zero attached hydrogens (tertiary/aromatic N) is 2. The molecule has 1 aliphatic carbocycles. The standard InChI is InChI=1S/C22H23N3O2/c26-21-12-5-4-9-17(21)13-22(27)24-19-10-6-11-20-18(19)14-23-25(20)15-16-7-2-1-3-8-16/h1-5,7-9,12,14,19,26H,6,10-11,13,15H2,(H,24,27)/t19-/m0/s1. The monoisotopic (exact) mass is 361 g/mol. The lowest BCUT2D eigenvalue weighted by atomic mass is 9.92. The number of hydrogen-bond acceptors (Lipinski definition) is 3. The fraction of sp³-hybridized carbons (Fsp3) is 0.273. The summed E-state index contributed by atoms with van der Waals surface area (Å²) < 4.78 is 2.05. The minimum Gasteiger partial charge on any atom is -0.508 e. The Morgan fingerprint density at radius 2 is 1.93 bits per heavy atom. The number of hydrogen-bond donors (Lipinski definition) is 2. The zero-order valence-electron chi connectivity index (χ0n) is 15.1. The fourth-order valence-corrected chi connectivity index (χ4v) is 3.74. The number of benzene rings is 2. The summed E-state index contributed by atoms with van der Waals surface area (Å²) in [5.74, 6) is 0.0813. The molecule has 1 heterocycles. The van der Waals surface area contributed by atoms with E-state index in [4.69, 9.17) is 0 Å². The van der Waals surface area contributed by atoms with Crippen molar-refractivity contribution in [2.24, 2.45) is 0 Å². The van der Waals surface area contributed by atoms with E-state index in [1.54, 1.807) is 18.2 Å². The first-order valence-electron chi connectivity index (χ1n) is 9.35. The third kappa shape index (κ3) is 3.87. The lowest BCUT2D eigenvalue weighted by Gasteiger charge is -2.24. The predicted octanol–water partition coefficient (Wildman–Crippen LogP) is 3.37. The third-order valence-corrected chi connectivity index (χ3v) is 5.12. The number of carbonyl (C=O) groups is 1. The number of para-hydroxylation sites is 1. The Balaban J connectivity index is 1.47. The highest BCUT2D eigenvalue weighted by molar-refractivity contribution is 5.79. The fourth-order valence-electron chi connectivity index (χ4n) is 3.74. The van der Waals surface area contributed by atoms with Crippen LogP contribution in [0.25, 0.3) is 0 Å². The molecule has 0 unspecified atom stereocenters. The number of nitrogens with one attached hydrogen (secondary N) is 1. The van der Waals surface area contributed by atoms with Gasteiger partial charge in [-0.05, 0) is 30.9 Å². The highest BCUT2D eigenvalue weighted by Crippen LogP contribution is 2.30. The maximum atomic E-state index is 12.5. The third-order valence-electron chi connectivity index (χ3n) is 5.12. The molecule has 1 aliphatic rings. The first-order chi connectivity index (χ1) is 13.2. The van der Waals surface area contributed by atoms with Crippen molar-refractivity contribution in [1.82, 2.24) is 15.1 Å². The van der Waals surface area contributed by atoms with Crippen LogP contribution in [-0.4, -0.2) is 20.8 Å². The van der Waals surface area contributed by atoms with Crippen LogP contribution >= 0.6 is 0 Å². The maximum Gasteiger partial charge on any atom is 0.225 e. The van der Waals surface area contributed by atoms with Crippen molar-refractivity contribution in [2.75, 3.05) is 0 Å². The van der Waals surface area contributed by atoms with Gasteiger partial charge >= 0.3 is 0 Å². The van der Waals surface area contributed by atoms with E-state index < -0.39 is 0 Å². The van der Waals surface area contributed by atoms with Crippen molar-refractivity contribution in [1.29, 1.82) is 0 Å². The summed E-state index contributed by atoms with van der Waals surface area (Å²) in [5, 5.41) is 17.6. The molecule has 0 bridgehead atoms. The number of aromatic nitrogens is 2. The zero-order chi connectivity index (χ0) is 18.6. The summed E-state index contributed by atoms with van der Waals surface area (Å²) in [6, 6.07) is 17.2. The summed E-state index contributed by atoms with van der Waals surface area (Å²) in [6.45, 7) is 0.745. The molecule has 27 heavy (non-hydrogen) atoms. The van der Waals surface area contributed by atoms with Gasteiger partial charge in [0.1, 0.15) is 5.75 Å². The molecule has 1 aromatic heterocycles. The van der Waals surface area contributed by atoms with Gasteiger partial charge in [-0.25, -0.2) is 0 Å². The number of aromatic hydroxyl groups is 1. The molecule has 4 rings (SSSR count). The largest absolute Gasteiger partial charge is 0.508 e. The van der Waals surface area contributed by atoms with Crippen molar-refractivity contribution >= 4 is 5.91 Å². The van der Waals surface area contributed by atoms with Crippen molar-refractivity contribution in [3.05, 3.63) is 83.2 Å².